The van der Waals surface area contributed by atoms with Crippen molar-refractivity contribution in [1.82, 2.24) is 0 Å². The van der Waals surface area contributed by atoms with Crippen LogP contribution in [0.25, 0.3) is 0 Å². The maximum absolute atomic E-state index is 10.6. The number of rotatable bonds is 3. The Morgan fingerprint density at radius 1 is 1.29 bits per heavy atom. The van der Waals surface area contributed by atoms with Crippen LogP contribution in [0.4, 0.5) is 0 Å². The van der Waals surface area contributed by atoms with Crippen molar-refractivity contribution in [2.24, 2.45) is 0 Å². The molecular formula is C9H16O5. The lowest BCUT2D eigenvalue weighted by atomic mass is 10.1. The summed E-state index contributed by atoms with van der Waals surface area (Å²) in [5, 5.41) is 0. The quantitative estimate of drug-likeness (QED) is 0.620. The number of hydrogen-bond donors (Lipinski definition) is 0. The molecule has 5 nitrogen and oxygen atoms in total. The Hall–Kier alpha value is -0.490. The lowest BCUT2D eigenvalue weighted by molar-refractivity contribution is -0.424. The minimum Gasteiger partial charge on any atom is -0.349 e. The first kappa shape index (κ1) is 11.6. The maximum atomic E-state index is 10.6. The fourth-order valence-corrected chi connectivity index (χ4v) is 1.35. The molecule has 0 radical (unpaired) electrons. The largest absolute Gasteiger partial charge is 0.349 e. The molecule has 5 heteroatoms. The number of ether oxygens (including phenoxy) is 4. The minimum absolute atomic E-state index is 0.173. The average molecular weight is 204 g/mol. The normalized spacial score (nSPS) is 43.6. The second-order valence-electron chi connectivity index (χ2n) is 3.40. The van der Waals surface area contributed by atoms with E-state index in [1.54, 1.807) is 13.8 Å². The van der Waals surface area contributed by atoms with Gasteiger partial charge in [0.2, 0.25) is 11.6 Å². The Kier molecular flexibility index (Phi) is 3.26. The summed E-state index contributed by atoms with van der Waals surface area (Å²) < 4.78 is 21.2. The Morgan fingerprint density at radius 3 is 2.29 bits per heavy atom. The van der Waals surface area contributed by atoms with Gasteiger partial charge in [-0.3, -0.25) is 0 Å². The monoisotopic (exact) mass is 204 g/mol. The van der Waals surface area contributed by atoms with E-state index in [2.05, 4.69) is 0 Å². The van der Waals surface area contributed by atoms with Crippen LogP contribution in [0.5, 0.6) is 0 Å². The van der Waals surface area contributed by atoms with Gasteiger partial charge in [0.15, 0.2) is 6.29 Å². The maximum Gasteiger partial charge on any atom is 0.220 e. The average Bonchev–Trinajstić information content (AvgIpc) is 2.22. The molecule has 0 aromatic heterocycles. The molecule has 0 N–H and O–H groups in total. The highest BCUT2D eigenvalue weighted by Gasteiger charge is 2.53. The molecule has 0 aromatic carbocycles. The molecular weight excluding hydrogens is 188 g/mol. The van der Waals surface area contributed by atoms with E-state index in [0.717, 1.165) is 0 Å². The molecule has 1 rings (SSSR count). The molecule has 0 spiro atoms. The number of hydrogen-bond acceptors (Lipinski definition) is 5. The van der Waals surface area contributed by atoms with E-state index in [9.17, 15) is 4.79 Å². The topological polar surface area (TPSA) is 54.0 Å². The second kappa shape index (κ2) is 3.94. The highest BCUT2D eigenvalue weighted by atomic mass is 16.8. The molecule has 0 aliphatic carbocycles. The molecule has 82 valence electrons. The standard InChI is InChI=1S/C9H16O5/c1-8(11-3)9(2,12-4)14-7(5-10)6-13-8/h5,7H,6H2,1-4H3/t7-,8?,9-/m1/s1. The Bertz CT molecular complexity index is 219. The van der Waals surface area contributed by atoms with E-state index in [0.29, 0.717) is 6.29 Å². The van der Waals surface area contributed by atoms with Gasteiger partial charge in [-0.2, -0.15) is 0 Å². The van der Waals surface area contributed by atoms with E-state index in [-0.39, 0.29) is 6.61 Å². The Labute approximate surface area is 83.3 Å². The zero-order chi connectivity index (χ0) is 10.8. The highest BCUT2D eigenvalue weighted by molar-refractivity contribution is 5.56. The smallest absolute Gasteiger partial charge is 0.220 e. The van der Waals surface area contributed by atoms with Gasteiger partial charge in [-0.1, -0.05) is 0 Å². The number of aldehydes is 1. The van der Waals surface area contributed by atoms with Gasteiger partial charge in [0.05, 0.1) is 6.61 Å². The molecule has 1 unspecified atom stereocenters. The van der Waals surface area contributed by atoms with E-state index in [1.807, 2.05) is 0 Å². The first-order valence-corrected chi connectivity index (χ1v) is 4.38. The van der Waals surface area contributed by atoms with Crippen molar-refractivity contribution in [3.63, 3.8) is 0 Å². The zero-order valence-electron chi connectivity index (χ0n) is 8.90. The van der Waals surface area contributed by atoms with Crippen LogP contribution in [0.3, 0.4) is 0 Å². The summed E-state index contributed by atoms with van der Waals surface area (Å²) in [6.45, 7) is 3.55. The van der Waals surface area contributed by atoms with Crippen LogP contribution in [0.15, 0.2) is 0 Å². The molecule has 0 amide bonds. The van der Waals surface area contributed by atoms with Crippen molar-refractivity contribution >= 4 is 6.29 Å². The molecule has 1 saturated heterocycles. The summed E-state index contributed by atoms with van der Waals surface area (Å²) >= 11 is 0. The molecule has 1 fully saturated rings. The fourth-order valence-electron chi connectivity index (χ4n) is 1.35. The van der Waals surface area contributed by atoms with Gasteiger partial charge in [0.25, 0.3) is 0 Å². The van der Waals surface area contributed by atoms with Crippen LogP contribution in [-0.4, -0.2) is 44.8 Å². The number of carbonyl (C=O) groups is 1. The van der Waals surface area contributed by atoms with Crippen LogP contribution in [0, 0.1) is 0 Å². The molecule has 1 aliphatic heterocycles. The molecule has 0 saturated carbocycles. The van der Waals surface area contributed by atoms with E-state index >= 15 is 0 Å². The summed E-state index contributed by atoms with van der Waals surface area (Å²) in [7, 11) is 2.98. The van der Waals surface area contributed by atoms with Crippen molar-refractivity contribution in [2.75, 3.05) is 20.8 Å². The summed E-state index contributed by atoms with van der Waals surface area (Å²) in [5.41, 5.74) is 0. The van der Waals surface area contributed by atoms with Crippen LogP contribution in [-0.2, 0) is 23.7 Å². The van der Waals surface area contributed by atoms with Gasteiger partial charge in [0, 0.05) is 14.2 Å². The fraction of sp³-hybridized carbons (Fsp3) is 0.889. The number of methoxy groups -OCH3 is 2. The first-order chi connectivity index (χ1) is 6.51. The second-order valence-corrected chi connectivity index (χ2v) is 3.40. The number of carbonyl (C=O) groups excluding carboxylic acids is 1. The third kappa shape index (κ3) is 1.68. The van der Waals surface area contributed by atoms with Gasteiger partial charge >= 0.3 is 0 Å². The Balaban J connectivity index is 2.86. The zero-order valence-corrected chi connectivity index (χ0v) is 8.90. The SMILES string of the molecule is COC1(C)OC[C@@H](C=O)O[C@@]1(C)OC. The van der Waals surface area contributed by atoms with E-state index < -0.39 is 17.7 Å². The van der Waals surface area contributed by atoms with Gasteiger partial charge in [-0.15, -0.1) is 0 Å². The van der Waals surface area contributed by atoms with Gasteiger partial charge in [0.1, 0.15) is 6.10 Å². The van der Waals surface area contributed by atoms with Crippen LogP contribution >= 0.6 is 0 Å². The van der Waals surface area contributed by atoms with Crippen molar-refractivity contribution < 1.29 is 23.7 Å². The summed E-state index contributed by atoms with van der Waals surface area (Å²) in [6, 6.07) is 0. The van der Waals surface area contributed by atoms with Crippen molar-refractivity contribution in [1.29, 1.82) is 0 Å². The lowest BCUT2D eigenvalue weighted by Crippen LogP contribution is -2.62. The molecule has 0 bridgehead atoms. The predicted octanol–water partition coefficient (Wildman–Crippen LogP) is 0.326. The van der Waals surface area contributed by atoms with Crippen LogP contribution < -0.4 is 0 Å². The van der Waals surface area contributed by atoms with Gasteiger partial charge in [-0.05, 0) is 13.8 Å². The van der Waals surface area contributed by atoms with E-state index in [1.165, 1.54) is 14.2 Å². The van der Waals surface area contributed by atoms with Crippen molar-refractivity contribution in [3.05, 3.63) is 0 Å². The van der Waals surface area contributed by atoms with Gasteiger partial charge < -0.3 is 23.7 Å². The van der Waals surface area contributed by atoms with Crippen LogP contribution in [0.2, 0.25) is 0 Å². The van der Waals surface area contributed by atoms with Crippen LogP contribution in [0.1, 0.15) is 13.8 Å². The Morgan fingerprint density at radius 2 is 1.86 bits per heavy atom. The highest BCUT2D eigenvalue weighted by Crippen LogP contribution is 2.35. The van der Waals surface area contributed by atoms with Gasteiger partial charge in [-0.25, -0.2) is 0 Å². The first-order valence-electron chi connectivity index (χ1n) is 4.38. The molecule has 14 heavy (non-hydrogen) atoms. The third-order valence-corrected chi connectivity index (χ3v) is 2.66. The summed E-state index contributed by atoms with van der Waals surface area (Å²) in [4.78, 5) is 10.6. The summed E-state index contributed by atoms with van der Waals surface area (Å²) in [6.07, 6.45) is 0.0788. The van der Waals surface area contributed by atoms with Crippen molar-refractivity contribution in [2.45, 2.75) is 31.5 Å². The third-order valence-electron chi connectivity index (χ3n) is 2.66. The lowest BCUT2D eigenvalue weighted by Gasteiger charge is -2.47. The molecule has 1 aliphatic rings. The summed E-state index contributed by atoms with van der Waals surface area (Å²) in [5.74, 6) is -2.08. The molecule has 0 aromatic rings. The minimum atomic E-state index is -1.08. The predicted molar refractivity (Wildman–Crippen MR) is 47.7 cm³/mol. The van der Waals surface area contributed by atoms with Crippen molar-refractivity contribution in [3.8, 4) is 0 Å². The molecule has 3 atom stereocenters. The molecule has 1 heterocycles. The van der Waals surface area contributed by atoms with E-state index in [4.69, 9.17) is 18.9 Å².